The first-order valence-electron chi connectivity index (χ1n) is 17.4. The summed E-state index contributed by atoms with van der Waals surface area (Å²) in [6.07, 6.45) is 0. The molecule has 10 aromatic carbocycles. The van der Waals surface area contributed by atoms with E-state index in [0.29, 0.717) is 0 Å². The first kappa shape index (κ1) is 25.6. The highest BCUT2D eigenvalue weighted by atomic mass is 14.5. The van der Waals surface area contributed by atoms with Crippen molar-refractivity contribution in [1.29, 1.82) is 0 Å². The molecule has 0 heterocycles. The van der Waals surface area contributed by atoms with Crippen molar-refractivity contribution < 1.29 is 0 Å². The van der Waals surface area contributed by atoms with Gasteiger partial charge in [0.25, 0.3) is 0 Å². The van der Waals surface area contributed by atoms with E-state index in [4.69, 9.17) is 0 Å². The van der Waals surface area contributed by atoms with Crippen LogP contribution in [0.5, 0.6) is 0 Å². The molecule has 0 nitrogen and oxygen atoms in total. The number of hydrogen-bond acceptors (Lipinski definition) is 0. The van der Waals surface area contributed by atoms with Crippen molar-refractivity contribution in [3.05, 3.63) is 144 Å². The summed E-state index contributed by atoms with van der Waals surface area (Å²) in [6.45, 7) is 10.0. The quantitative estimate of drug-likeness (QED) is 0.150. The summed E-state index contributed by atoms with van der Waals surface area (Å²) in [5, 5.41) is 19.2. The summed E-state index contributed by atoms with van der Waals surface area (Å²) in [7, 11) is 0. The van der Waals surface area contributed by atoms with E-state index in [1.165, 1.54) is 120 Å². The molecule has 2 aliphatic carbocycles. The van der Waals surface area contributed by atoms with Gasteiger partial charge in [-0.2, -0.15) is 0 Å². The standard InChI is InChI=1S/C48H32/c1-47(2)43-33-21-19-27-11-7-9-25-15-17-29(39(33)37(25)27)23-35(43)41-31-13-5-6-14-32(31)42-36-24-30-18-16-26-10-8-12-28-20-22-34(40(30)38(26)28)44(36)48(3,4)46(42)45(41)47/h5-24H,1-4H3. The number of fused-ring (bicyclic) bond motifs is 12. The summed E-state index contributed by atoms with van der Waals surface area (Å²) in [5.74, 6) is 0. The zero-order valence-corrected chi connectivity index (χ0v) is 27.5. The molecule has 0 aromatic heterocycles. The second kappa shape index (κ2) is 7.97. The summed E-state index contributed by atoms with van der Waals surface area (Å²) in [6, 6.07) is 46.7. The van der Waals surface area contributed by atoms with Gasteiger partial charge in [0.15, 0.2) is 0 Å². The van der Waals surface area contributed by atoms with Crippen LogP contribution in [0.15, 0.2) is 121 Å². The Labute approximate surface area is 278 Å². The van der Waals surface area contributed by atoms with Gasteiger partial charge in [-0.25, -0.2) is 0 Å². The molecule has 0 amide bonds. The van der Waals surface area contributed by atoms with Crippen LogP contribution in [0, 0.1) is 0 Å². The van der Waals surface area contributed by atoms with Crippen LogP contribution < -0.4 is 0 Å². The molecule has 2 aliphatic rings. The summed E-state index contributed by atoms with van der Waals surface area (Å²) < 4.78 is 0. The maximum absolute atomic E-state index is 2.53. The molecule has 0 bridgehead atoms. The fourth-order valence-corrected chi connectivity index (χ4v) is 10.9. The second-order valence-corrected chi connectivity index (χ2v) is 15.6. The highest BCUT2D eigenvalue weighted by Crippen LogP contribution is 2.64. The minimum Gasteiger partial charge on any atom is -0.0616 e. The topological polar surface area (TPSA) is 0 Å². The van der Waals surface area contributed by atoms with E-state index in [-0.39, 0.29) is 10.8 Å². The summed E-state index contributed by atoms with van der Waals surface area (Å²) in [4.78, 5) is 0. The van der Waals surface area contributed by atoms with Crippen LogP contribution in [0.1, 0.15) is 49.9 Å². The molecule has 48 heavy (non-hydrogen) atoms. The highest BCUT2D eigenvalue weighted by molar-refractivity contribution is 6.28. The maximum Gasteiger partial charge on any atom is 0.0168 e. The first-order chi connectivity index (χ1) is 23.3. The van der Waals surface area contributed by atoms with Crippen LogP contribution in [-0.2, 0) is 10.8 Å². The van der Waals surface area contributed by atoms with Crippen molar-refractivity contribution in [3.8, 4) is 22.3 Å². The van der Waals surface area contributed by atoms with Crippen molar-refractivity contribution in [2.24, 2.45) is 0 Å². The average molecular weight is 609 g/mol. The lowest BCUT2D eigenvalue weighted by molar-refractivity contribution is 0.607. The zero-order chi connectivity index (χ0) is 31.8. The van der Waals surface area contributed by atoms with Gasteiger partial charge in [0, 0.05) is 10.8 Å². The van der Waals surface area contributed by atoms with Crippen LogP contribution in [0.4, 0.5) is 0 Å². The molecule has 0 spiro atoms. The Kier molecular flexibility index (Phi) is 4.25. The van der Waals surface area contributed by atoms with Crippen LogP contribution in [-0.4, -0.2) is 0 Å². The van der Waals surface area contributed by atoms with Crippen molar-refractivity contribution in [2.75, 3.05) is 0 Å². The molecule has 12 rings (SSSR count). The molecular formula is C48H32. The molecule has 0 heteroatoms. The monoisotopic (exact) mass is 608 g/mol. The third-order valence-corrected chi connectivity index (χ3v) is 12.5. The Morgan fingerprint density at radius 3 is 1.10 bits per heavy atom. The minimum atomic E-state index is -0.188. The van der Waals surface area contributed by atoms with Crippen molar-refractivity contribution >= 4 is 75.4 Å². The van der Waals surface area contributed by atoms with Gasteiger partial charge in [-0.05, 0) is 132 Å². The van der Waals surface area contributed by atoms with E-state index in [1.807, 2.05) is 0 Å². The van der Waals surface area contributed by atoms with Gasteiger partial charge >= 0.3 is 0 Å². The van der Waals surface area contributed by atoms with Gasteiger partial charge in [0.2, 0.25) is 0 Å². The maximum atomic E-state index is 2.53. The van der Waals surface area contributed by atoms with E-state index >= 15 is 0 Å². The van der Waals surface area contributed by atoms with E-state index in [9.17, 15) is 0 Å². The SMILES string of the molecule is CC1(C)c2c3c(c4ccccc4c2-c2cc4ccc5cccc6ccc(c21)c4c56)-c1cc2ccc4cccc5ccc(c1C3(C)C)c2c45. The third kappa shape index (κ3) is 2.69. The van der Waals surface area contributed by atoms with E-state index < -0.39 is 0 Å². The largest absolute Gasteiger partial charge is 0.0616 e. The van der Waals surface area contributed by atoms with Gasteiger partial charge in [-0.1, -0.05) is 137 Å². The molecule has 0 fully saturated rings. The molecule has 0 N–H and O–H groups in total. The molecule has 0 aliphatic heterocycles. The highest BCUT2D eigenvalue weighted by Gasteiger charge is 2.48. The Morgan fingerprint density at radius 2 is 0.688 bits per heavy atom. The summed E-state index contributed by atoms with van der Waals surface area (Å²) >= 11 is 0. The number of hydrogen-bond donors (Lipinski definition) is 0. The van der Waals surface area contributed by atoms with Gasteiger partial charge < -0.3 is 0 Å². The Hall–Kier alpha value is -5.46. The molecule has 0 saturated heterocycles. The smallest absolute Gasteiger partial charge is 0.0168 e. The molecule has 0 unspecified atom stereocenters. The number of rotatable bonds is 0. The van der Waals surface area contributed by atoms with E-state index in [1.54, 1.807) is 0 Å². The van der Waals surface area contributed by atoms with Gasteiger partial charge in [-0.3, -0.25) is 0 Å². The lowest BCUT2D eigenvalue weighted by Gasteiger charge is -2.32. The van der Waals surface area contributed by atoms with Crippen LogP contribution in [0.25, 0.3) is 97.7 Å². The average Bonchev–Trinajstić information content (AvgIpc) is 3.48. The zero-order valence-electron chi connectivity index (χ0n) is 27.5. The Morgan fingerprint density at radius 1 is 0.312 bits per heavy atom. The van der Waals surface area contributed by atoms with Crippen LogP contribution in [0.3, 0.4) is 0 Å². The third-order valence-electron chi connectivity index (χ3n) is 12.5. The predicted octanol–water partition coefficient (Wildman–Crippen LogP) is 13.2. The van der Waals surface area contributed by atoms with Crippen LogP contribution >= 0.6 is 0 Å². The first-order valence-corrected chi connectivity index (χ1v) is 17.4. The fourth-order valence-electron chi connectivity index (χ4n) is 10.9. The molecule has 224 valence electrons. The van der Waals surface area contributed by atoms with Crippen molar-refractivity contribution in [3.63, 3.8) is 0 Å². The lowest BCUT2D eigenvalue weighted by atomic mass is 9.70. The van der Waals surface area contributed by atoms with Gasteiger partial charge in [0.05, 0.1) is 0 Å². The van der Waals surface area contributed by atoms with Gasteiger partial charge in [0.1, 0.15) is 0 Å². The molecule has 0 radical (unpaired) electrons. The lowest BCUT2D eigenvalue weighted by Crippen LogP contribution is -2.24. The van der Waals surface area contributed by atoms with Crippen molar-refractivity contribution in [1.82, 2.24) is 0 Å². The molecule has 0 saturated carbocycles. The molecule has 10 aromatic rings. The van der Waals surface area contributed by atoms with Crippen LogP contribution in [0.2, 0.25) is 0 Å². The predicted molar refractivity (Wildman–Crippen MR) is 206 cm³/mol. The normalized spacial score (nSPS) is 15.8. The number of benzene rings is 10. The molecular weight excluding hydrogens is 577 g/mol. The minimum absolute atomic E-state index is 0.188. The molecule has 0 atom stereocenters. The fraction of sp³-hybridized carbons (Fsp3) is 0.125. The second-order valence-electron chi connectivity index (χ2n) is 15.6. The Bertz CT molecular complexity index is 2850. The van der Waals surface area contributed by atoms with Crippen molar-refractivity contribution in [2.45, 2.75) is 38.5 Å². The van der Waals surface area contributed by atoms with Gasteiger partial charge in [-0.15, -0.1) is 0 Å². The Balaban J connectivity index is 1.27. The van der Waals surface area contributed by atoms with E-state index in [2.05, 4.69) is 149 Å². The van der Waals surface area contributed by atoms with E-state index in [0.717, 1.165) is 0 Å². The summed E-state index contributed by atoms with van der Waals surface area (Å²) in [5.41, 5.74) is 11.3.